The smallest absolute Gasteiger partial charge is 0.405 e. The van der Waals surface area contributed by atoms with Crippen molar-refractivity contribution in [1.29, 1.82) is 0 Å². The van der Waals surface area contributed by atoms with E-state index in [1.165, 1.54) is 40.0 Å². The fourth-order valence-electron chi connectivity index (χ4n) is 4.41. The zero-order valence-corrected chi connectivity index (χ0v) is 24.1. The molecule has 2 unspecified atom stereocenters. The summed E-state index contributed by atoms with van der Waals surface area (Å²) < 4.78 is 98.0. The van der Waals surface area contributed by atoms with E-state index in [-0.39, 0.29) is 0 Å². The molecule has 5 atom stereocenters. The van der Waals surface area contributed by atoms with E-state index >= 15 is 0 Å². The molecule has 1 saturated heterocycles. The van der Waals surface area contributed by atoms with Crippen molar-refractivity contribution in [3.05, 3.63) is 29.8 Å². The Bertz CT molecular complexity index is 1230. The minimum absolute atomic E-state index is 0.405. The van der Waals surface area contributed by atoms with Crippen LogP contribution in [0.4, 0.5) is 22.0 Å². The van der Waals surface area contributed by atoms with E-state index < -0.39 is 100 Å². The first kappa shape index (κ1) is 35.1. The Labute approximate surface area is 239 Å². The van der Waals surface area contributed by atoms with Crippen LogP contribution in [0.15, 0.2) is 24.3 Å². The third-order valence-electron chi connectivity index (χ3n) is 6.76. The molecule has 1 heterocycles. The minimum atomic E-state index is -4.99. The zero-order chi connectivity index (χ0) is 32.2. The van der Waals surface area contributed by atoms with Gasteiger partial charge in [-0.3, -0.25) is 14.4 Å². The summed E-state index contributed by atoms with van der Waals surface area (Å²) in [7, 11) is -2.54. The van der Waals surface area contributed by atoms with Crippen LogP contribution in [-0.4, -0.2) is 97.9 Å². The Hall–Kier alpha value is -3.05. The Kier molecular flexibility index (Phi) is 11.3. The number of rotatable bonds is 12. The van der Waals surface area contributed by atoms with Gasteiger partial charge in [0.25, 0.3) is 5.91 Å². The maximum Gasteiger partial charge on any atom is 0.405 e. The highest BCUT2D eigenvalue weighted by atomic mass is 32.2. The molecule has 1 aliphatic rings. The predicted octanol–water partition coefficient (Wildman–Crippen LogP) is 0.742. The van der Waals surface area contributed by atoms with Gasteiger partial charge >= 0.3 is 12.1 Å². The SMILES string of the molecule is COc1ccc(CS(=O)(=O)C2CC(C(=O)N[C@@H](C(C)C)[C@@H](O)C(F)(F)C(=O)NCC(F)(F)F)N(C(=O)[C@H](C)N)C2)cc1. The van der Waals surface area contributed by atoms with E-state index in [2.05, 4.69) is 5.32 Å². The monoisotopic (exact) mass is 630 g/mol. The van der Waals surface area contributed by atoms with E-state index in [1.54, 1.807) is 12.1 Å². The standard InChI is InChI=1S/C25H35F5N4O7S/c1-13(2)19(20(35)25(29,30)23(38)32-12-24(26,27)28)33-21(36)18-9-17(10-34(18)22(37)14(3)31)42(39,40)11-15-5-7-16(41-4)8-6-15/h5-8,13-14,17-20,35H,9-12,31H2,1-4H3,(H,32,38)(H,33,36)/t14-,17?,18?,19-,20+/m0/s1. The van der Waals surface area contributed by atoms with Gasteiger partial charge in [0.05, 0.1) is 30.2 Å². The van der Waals surface area contributed by atoms with Gasteiger partial charge < -0.3 is 31.1 Å². The lowest BCUT2D eigenvalue weighted by atomic mass is 9.93. The van der Waals surface area contributed by atoms with Gasteiger partial charge in [-0.15, -0.1) is 0 Å². The third kappa shape index (κ3) is 8.73. The number of likely N-dealkylation sites (tertiary alicyclic amines) is 1. The van der Waals surface area contributed by atoms with Crippen LogP contribution < -0.4 is 21.1 Å². The van der Waals surface area contributed by atoms with Crippen molar-refractivity contribution < 1.29 is 54.6 Å². The number of carbonyl (C=O) groups excluding carboxylic acids is 3. The van der Waals surface area contributed by atoms with Crippen LogP contribution in [0.3, 0.4) is 0 Å². The number of hydrogen-bond acceptors (Lipinski definition) is 8. The average Bonchev–Trinajstić information content (AvgIpc) is 3.35. The number of aliphatic hydroxyl groups is 1. The topological polar surface area (TPSA) is 168 Å². The number of aliphatic hydroxyl groups excluding tert-OH is 1. The summed E-state index contributed by atoms with van der Waals surface area (Å²) in [5.74, 6) is -10.0. The molecular formula is C25H35F5N4O7S. The molecular weight excluding hydrogens is 595 g/mol. The summed E-state index contributed by atoms with van der Waals surface area (Å²) in [6.07, 6.45) is -8.39. The van der Waals surface area contributed by atoms with Gasteiger partial charge in [0, 0.05) is 6.54 Å². The first-order valence-electron chi connectivity index (χ1n) is 12.8. The van der Waals surface area contributed by atoms with Crippen molar-refractivity contribution in [3.63, 3.8) is 0 Å². The molecule has 2 rings (SSSR count). The van der Waals surface area contributed by atoms with Crippen LogP contribution in [0.5, 0.6) is 5.75 Å². The molecule has 0 radical (unpaired) electrons. The van der Waals surface area contributed by atoms with Gasteiger partial charge in [-0.25, -0.2) is 8.42 Å². The molecule has 3 amide bonds. The largest absolute Gasteiger partial charge is 0.497 e. The Morgan fingerprint density at radius 3 is 2.17 bits per heavy atom. The first-order chi connectivity index (χ1) is 19.2. The number of nitrogens with one attached hydrogen (secondary N) is 2. The normalized spacial score (nSPS) is 20.1. The van der Waals surface area contributed by atoms with Crippen LogP contribution in [-0.2, 0) is 30.0 Å². The second-order valence-electron chi connectivity index (χ2n) is 10.5. The molecule has 42 heavy (non-hydrogen) atoms. The van der Waals surface area contributed by atoms with Crippen molar-refractivity contribution in [2.45, 2.75) is 74.5 Å². The molecule has 1 aliphatic heterocycles. The molecule has 11 nitrogen and oxygen atoms in total. The molecule has 0 saturated carbocycles. The zero-order valence-electron chi connectivity index (χ0n) is 23.3. The molecule has 0 aliphatic carbocycles. The van der Waals surface area contributed by atoms with Crippen LogP contribution in [0.2, 0.25) is 0 Å². The number of halogens is 5. The van der Waals surface area contributed by atoms with E-state index in [0.717, 1.165) is 10.2 Å². The van der Waals surface area contributed by atoms with Gasteiger partial charge in [-0.05, 0) is 37.0 Å². The summed E-state index contributed by atoms with van der Waals surface area (Å²) >= 11 is 0. The second-order valence-corrected chi connectivity index (χ2v) is 12.7. The quantitative estimate of drug-likeness (QED) is 0.245. The fraction of sp³-hybridized carbons (Fsp3) is 0.640. The summed E-state index contributed by atoms with van der Waals surface area (Å²) in [5, 5.41) is 12.2. The fourth-order valence-corrected chi connectivity index (χ4v) is 6.17. The number of sulfone groups is 1. The summed E-state index contributed by atoms with van der Waals surface area (Å²) in [4.78, 5) is 38.8. The molecule has 0 spiro atoms. The van der Waals surface area contributed by atoms with E-state index in [4.69, 9.17) is 10.5 Å². The number of hydrogen-bond donors (Lipinski definition) is 4. The van der Waals surface area contributed by atoms with Crippen LogP contribution in [0, 0.1) is 5.92 Å². The van der Waals surface area contributed by atoms with Gasteiger partial charge in [0.1, 0.15) is 24.4 Å². The van der Waals surface area contributed by atoms with Crippen molar-refractivity contribution in [1.82, 2.24) is 15.5 Å². The van der Waals surface area contributed by atoms with Crippen molar-refractivity contribution in [3.8, 4) is 5.75 Å². The summed E-state index contributed by atoms with van der Waals surface area (Å²) in [5.41, 5.74) is 6.09. The van der Waals surface area contributed by atoms with Crippen LogP contribution >= 0.6 is 0 Å². The Morgan fingerprint density at radius 1 is 1.12 bits per heavy atom. The van der Waals surface area contributed by atoms with E-state index in [9.17, 15) is 49.9 Å². The molecule has 1 aromatic carbocycles. The molecule has 0 aromatic heterocycles. The number of carbonyl (C=O) groups is 3. The molecule has 5 N–H and O–H groups in total. The highest BCUT2D eigenvalue weighted by Crippen LogP contribution is 2.29. The van der Waals surface area contributed by atoms with Crippen LogP contribution in [0.1, 0.15) is 32.8 Å². The number of benzene rings is 1. The number of nitrogens with zero attached hydrogens (tertiary/aromatic N) is 1. The predicted molar refractivity (Wildman–Crippen MR) is 140 cm³/mol. The van der Waals surface area contributed by atoms with E-state index in [0.29, 0.717) is 11.3 Å². The Balaban J connectivity index is 2.28. The van der Waals surface area contributed by atoms with Crippen LogP contribution in [0.25, 0.3) is 0 Å². The second kappa shape index (κ2) is 13.5. The molecule has 0 bridgehead atoms. The van der Waals surface area contributed by atoms with Gasteiger partial charge in [0.15, 0.2) is 9.84 Å². The maximum atomic E-state index is 14.7. The number of methoxy groups -OCH3 is 1. The lowest BCUT2D eigenvalue weighted by Gasteiger charge is -2.34. The lowest BCUT2D eigenvalue weighted by molar-refractivity contribution is -0.175. The number of nitrogens with two attached hydrogens (primary N) is 1. The third-order valence-corrected chi connectivity index (χ3v) is 8.86. The highest BCUT2D eigenvalue weighted by Gasteiger charge is 2.53. The van der Waals surface area contributed by atoms with Gasteiger partial charge in [-0.2, -0.15) is 22.0 Å². The number of amides is 3. The maximum absolute atomic E-state index is 14.7. The van der Waals surface area contributed by atoms with Crippen molar-refractivity contribution in [2.24, 2.45) is 11.7 Å². The molecule has 238 valence electrons. The summed E-state index contributed by atoms with van der Waals surface area (Å²) in [6.45, 7) is 1.38. The minimum Gasteiger partial charge on any atom is -0.497 e. The number of ether oxygens (including phenoxy) is 1. The highest BCUT2D eigenvalue weighted by molar-refractivity contribution is 7.91. The number of alkyl halides is 5. The van der Waals surface area contributed by atoms with Gasteiger partial charge in [-0.1, -0.05) is 26.0 Å². The molecule has 1 aromatic rings. The average molecular weight is 631 g/mol. The molecule has 17 heteroatoms. The molecule has 1 fully saturated rings. The lowest BCUT2D eigenvalue weighted by Crippen LogP contribution is -2.61. The Morgan fingerprint density at radius 2 is 1.69 bits per heavy atom. The first-order valence-corrected chi connectivity index (χ1v) is 14.5. The van der Waals surface area contributed by atoms with Crippen molar-refractivity contribution in [2.75, 3.05) is 20.2 Å². The van der Waals surface area contributed by atoms with Crippen molar-refractivity contribution >= 4 is 27.6 Å². The van der Waals surface area contributed by atoms with E-state index in [1.807, 2.05) is 0 Å². The summed E-state index contributed by atoms with van der Waals surface area (Å²) in [6, 6.07) is 1.62. The van der Waals surface area contributed by atoms with Gasteiger partial charge in [0.2, 0.25) is 11.8 Å².